The Hall–Kier alpha value is -3.88. The number of aliphatic hydroxyl groups excluding tert-OH is 1. The van der Waals surface area contributed by atoms with Crippen LogP contribution in [0, 0.1) is 0 Å². The number of aliphatic hydroxyl groups is 1. The summed E-state index contributed by atoms with van der Waals surface area (Å²) in [5.41, 5.74) is 1.48. The number of pyridine rings is 1. The van der Waals surface area contributed by atoms with Crippen LogP contribution in [0.15, 0.2) is 67.0 Å². The number of hydrogen-bond donors (Lipinski definition) is 3. The Kier molecular flexibility index (Phi) is 5.64. The molecule has 1 aliphatic rings. The SMILES string of the molecule is [2H]C([2H])([2H])Oc1cnc2[nH]cc(C(=O)c3ccc(Oc4ccccc4)cc3)c2c1N[C@@H]1CC[C@@H](CO)OC1. The molecule has 8 nitrogen and oxygen atoms in total. The molecule has 1 aliphatic heterocycles. The van der Waals surface area contributed by atoms with Gasteiger partial charge in [-0.3, -0.25) is 4.79 Å². The third kappa shape index (κ3) is 4.84. The van der Waals surface area contributed by atoms with Crippen LogP contribution in [-0.4, -0.2) is 53.3 Å². The van der Waals surface area contributed by atoms with Crippen molar-refractivity contribution in [2.75, 3.05) is 25.6 Å². The lowest BCUT2D eigenvalue weighted by molar-refractivity contribution is -0.0223. The normalized spacial score (nSPS) is 19.4. The number of ether oxygens (including phenoxy) is 3. The van der Waals surface area contributed by atoms with E-state index in [1.165, 1.54) is 6.20 Å². The average molecular weight is 477 g/mol. The second-order valence-corrected chi connectivity index (χ2v) is 8.35. The first-order valence-electron chi connectivity index (χ1n) is 12.9. The van der Waals surface area contributed by atoms with Crippen LogP contribution in [0.5, 0.6) is 17.2 Å². The van der Waals surface area contributed by atoms with E-state index >= 15 is 0 Å². The lowest BCUT2D eigenvalue weighted by Crippen LogP contribution is -2.36. The predicted molar refractivity (Wildman–Crippen MR) is 133 cm³/mol. The standard InChI is InChI=1S/C27H27N3O5/c1-33-23-14-29-27-24(25(23)30-18-9-12-21(15-31)34-16-18)22(13-28-27)26(32)17-7-10-20(11-8-17)35-19-5-3-2-4-6-19/h2-8,10-11,13-14,18,21,31H,9,12,15-16H2,1H3,(H2,28,29,30)/t18-,21+/m1/s1/i1D3. The minimum absolute atomic E-state index is 0.00189. The van der Waals surface area contributed by atoms with E-state index in [4.69, 9.17) is 18.3 Å². The first-order valence-corrected chi connectivity index (χ1v) is 11.4. The lowest BCUT2D eigenvalue weighted by atomic mass is 10.0. The van der Waals surface area contributed by atoms with E-state index in [9.17, 15) is 9.90 Å². The predicted octanol–water partition coefficient (Wildman–Crippen LogP) is 4.55. The number of fused-ring (bicyclic) bond motifs is 1. The molecule has 8 heteroatoms. The van der Waals surface area contributed by atoms with Gasteiger partial charge in [0.25, 0.3) is 0 Å². The number of carbonyl (C=O) groups excluding carboxylic acids is 1. The van der Waals surface area contributed by atoms with Crippen LogP contribution in [0.1, 0.15) is 32.9 Å². The number of nitrogens with zero attached hydrogens (tertiary/aromatic N) is 1. The smallest absolute Gasteiger partial charge is 0.195 e. The van der Waals surface area contributed by atoms with E-state index in [1.807, 2.05) is 30.3 Å². The number of para-hydroxylation sites is 1. The van der Waals surface area contributed by atoms with Gasteiger partial charge in [0.05, 0.1) is 53.3 Å². The van der Waals surface area contributed by atoms with Crippen molar-refractivity contribution in [2.45, 2.75) is 25.0 Å². The maximum Gasteiger partial charge on any atom is 0.195 e. The Morgan fingerprint density at radius 3 is 2.71 bits per heavy atom. The lowest BCUT2D eigenvalue weighted by Gasteiger charge is -2.29. The van der Waals surface area contributed by atoms with Crippen molar-refractivity contribution in [3.63, 3.8) is 0 Å². The molecule has 0 spiro atoms. The summed E-state index contributed by atoms with van der Waals surface area (Å²) in [6.07, 6.45) is 3.95. The number of rotatable bonds is 8. The van der Waals surface area contributed by atoms with Crippen LogP contribution in [0.4, 0.5) is 5.69 Å². The second kappa shape index (κ2) is 10.2. The molecule has 0 radical (unpaired) electrons. The highest BCUT2D eigenvalue weighted by Gasteiger charge is 2.25. The third-order valence-corrected chi connectivity index (χ3v) is 6.04. The number of ketones is 1. The Morgan fingerprint density at radius 1 is 1.20 bits per heavy atom. The quantitative estimate of drug-likeness (QED) is 0.321. The van der Waals surface area contributed by atoms with Gasteiger partial charge in [-0.25, -0.2) is 4.98 Å². The van der Waals surface area contributed by atoms with Crippen LogP contribution < -0.4 is 14.8 Å². The van der Waals surface area contributed by atoms with Crippen molar-refractivity contribution in [1.82, 2.24) is 9.97 Å². The highest BCUT2D eigenvalue weighted by Crippen LogP contribution is 2.36. The van der Waals surface area contributed by atoms with Crippen molar-refractivity contribution in [3.05, 3.63) is 78.1 Å². The fraction of sp³-hybridized carbons (Fsp3) is 0.259. The topological polar surface area (TPSA) is 106 Å². The summed E-state index contributed by atoms with van der Waals surface area (Å²) in [5.74, 6) is 0.993. The fourth-order valence-corrected chi connectivity index (χ4v) is 4.20. The largest absolute Gasteiger partial charge is 0.493 e. The summed E-state index contributed by atoms with van der Waals surface area (Å²) in [6, 6.07) is 15.9. The number of hydrogen-bond acceptors (Lipinski definition) is 7. The molecule has 180 valence electrons. The number of aromatic nitrogens is 2. The zero-order valence-corrected chi connectivity index (χ0v) is 18.9. The van der Waals surface area contributed by atoms with E-state index in [2.05, 4.69) is 15.3 Å². The highest BCUT2D eigenvalue weighted by atomic mass is 16.5. The zero-order valence-electron chi connectivity index (χ0n) is 21.9. The van der Waals surface area contributed by atoms with Gasteiger partial charge >= 0.3 is 0 Å². The first-order chi connectivity index (χ1) is 18.3. The summed E-state index contributed by atoms with van der Waals surface area (Å²) in [6.45, 7) is 0.240. The average Bonchev–Trinajstić information content (AvgIpc) is 3.35. The molecule has 0 aliphatic carbocycles. The van der Waals surface area contributed by atoms with Crippen molar-refractivity contribution in [1.29, 1.82) is 0 Å². The Balaban J connectivity index is 1.47. The number of carbonyl (C=O) groups is 1. The molecule has 35 heavy (non-hydrogen) atoms. The van der Waals surface area contributed by atoms with Gasteiger partial charge in [0.15, 0.2) is 11.5 Å². The summed E-state index contributed by atoms with van der Waals surface area (Å²) < 4.78 is 39.6. The molecule has 2 aromatic carbocycles. The number of aromatic amines is 1. The second-order valence-electron chi connectivity index (χ2n) is 8.35. The molecular weight excluding hydrogens is 446 g/mol. The van der Waals surface area contributed by atoms with Crippen molar-refractivity contribution in [2.24, 2.45) is 0 Å². The number of nitrogens with one attached hydrogen (secondary N) is 2. The van der Waals surface area contributed by atoms with Gasteiger partial charge in [-0.05, 0) is 49.2 Å². The van der Waals surface area contributed by atoms with Crippen molar-refractivity contribution in [3.8, 4) is 17.2 Å². The summed E-state index contributed by atoms with van der Waals surface area (Å²) in [7, 11) is -2.72. The van der Waals surface area contributed by atoms with Gasteiger partial charge in [0, 0.05) is 17.8 Å². The Bertz CT molecular complexity index is 1400. The summed E-state index contributed by atoms with van der Waals surface area (Å²) in [4.78, 5) is 20.9. The molecule has 1 saturated heterocycles. The minimum atomic E-state index is -2.72. The first kappa shape index (κ1) is 19.4. The van der Waals surface area contributed by atoms with Crippen LogP contribution in [-0.2, 0) is 4.74 Å². The van der Waals surface area contributed by atoms with Crippen molar-refractivity contribution >= 4 is 22.5 Å². The van der Waals surface area contributed by atoms with Crippen molar-refractivity contribution < 1.29 is 28.2 Å². The van der Waals surface area contributed by atoms with Gasteiger partial charge in [0.2, 0.25) is 0 Å². The summed E-state index contributed by atoms with van der Waals surface area (Å²) >= 11 is 0. The Morgan fingerprint density at radius 2 is 2.00 bits per heavy atom. The molecule has 1 fully saturated rings. The number of methoxy groups -OCH3 is 1. The maximum absolute atomic E-state index is 13.6. The molecule has 0 unspecified atom stereocenters. The molecular formula is C27H27N3O5. The Labute approximate surface area is 207 Å². The van der Waals surface area contributed by atoms with E-state index in [1.54, 1.807) is 30.5 Å². The van der Waals surface area contributed by atoms with Gasteiger partial charge in [-0.2, -0.15) is 0 Å². The molecule has 4 aromatic rings. The monoisotopic (exact) mass is 476 g/mol. The van der Waals surface area contributed by atoms with Gasteiger partial charge < -0.3 is 29.6 Å². The molecule has 0 saturated carbocycles. The van der Waals surface area contributed by atoms with Crippen LogP contribution in [0.2, 0.25) is 0 Å². The van der Waals surface area contributed by atoms with E-state index in [0.29, 0.717) is 58.8 Å². The van der Waals surface area contributed by atoms with E-state index in [0.717, 1.165) is 0 Å². The van der Waals surface area contributed by atoms with E-state index < -0.39 is 7.04 Å². The molecule has 2 atom stereocenters. The molecule has 2 aromatic heterocycles. The van der Waals surface area contributed by atoms with Crippen LogP contribution >= 0.6 is 0 Å². The van der Waals surface area contributed by atoms with Crippen LogP contribution in [0.3, 0.4) is 0 Å². The zero-order chi connectivity index (χ0) is 26.7. The molecule has 0 bridgehead atoms. The molecule has 0 amide bonds. The summed E-state index contributed by atoms with van der Waals surface area (Å²) in [5, 5.41) is 13.1. The van der Waals surface area contributed by atoms with E-state index in [-0.39, 0.29) is 30.3 Å². The minimum Gasteiger partial charge on any atom is -0.493 e. The number of H-pyrrole nitrogens is 1. The molecule has 5 rings (SSSR count). The maximum atomic E-state index is 13.6. The van der Waals surface area contributed by atoms with Gasteiger partial charge in [-0.15, -0.1) is 0 Å². The number of anilines is 1. The van der Waals surface area contributed by atoms with Gasteiger partial charge in [0.1, 0.15) is 17.1 Å². The fourth-order valence-electron chi connectivity index (χ4n) is 4.20. The van der Waals surface area contributed by atoms with Crippen LogP contribution in [0.25, 0.3) is 11.0 Å². The number of benzene rings is 2. The third-order valence-electron chi connectivity index (χ3n) is 6.04. The highest BCUT2D eigenvalue weighted by molar-refractivity contribution is 6.19. The van der Waals surface area contributed by atoms with Gasteiger partial charge in [-0.1, -0.05) is 18.2 Å². The molecule has 3 N–H and O–H groups in total. The molecule has 3 heterocycles.